The van der Waals surface area contributed by atoms with Gasteiger partial charge in [0.05, 0.1) is 28.9 Å². The van der Waals surface area contributed by atoms with E-state index in [1.807, 2.05) is 0 Å². The van der Waals surface area contributed by atoms with Crippen molar-refractivity contribution >= 4 is 71.0 Å². The molecule has 1 heterocycles. The second kappa shape index (κ2) is 23.8. The van der Waals surface area contributed by atoms with Crippen molar-refractivity contribution in [2.75, 3.05) is 23.8 Å². The van der Waals surface area contributed by atoms with Gasteiger partial charge in [-0.05, 0) is 97.5 Å². The largest absolute Gasteiger partial charge is 0.449 e. The van der Waals surface area contributed by atoms with E-state index in [9.17, 15) is 63.1 Å². The molecule has 2 atom stereocenters. The first-order chi connectivity index (χ1) is 31.5. The van der Waals surface area contributed by atoms with E-state index in [0.717, 1.165) is 23.0 Å². The Morgan fingerprint density at radius 3 is 1.65 bits per heavy atom. The lowest BCUT2D eigenvalue weighted by molar-refractivity contribution is -0.142. The molecule has 366 valence electrons. The van der Waals surface area contributed by atoms with Crippen LogP contribution in [-0.4, -0.2) is 59.1 Å². The quantitative estimate of drug-likeness (QED) is 0.106. The molecule has 0 saturated heterocycles. The molecule has 0 fully saturated rings. The van der Waals surface area contributed by atoms with Crippen LogP contribution in [0.1, 0.15) is 80.7 Å². The summed E-state index contributed by atoms with van der Waals surface area (Å²) < 4.78 is 136. The van der Waals surface area contributed by atoms with Crippen molar-refractivity contribution < 1.29 is 72.6 Å². The second-order valence-corrected chi connectivity index (χ2v) is 15.3. The molecule has 2 aliphatic rings. The van der Waals surface area contributed by atoms with Crippen molar-refractivity contribution in [2.45, 2.75) is 63.0 Å². The van der Waals surface area contributed by atoms with Gasteiger partial charge in [-0.2, -0.15) is 26.3 Å². The standard InChI is InChI=1S/C20H16ClF5N2O3.C16H13ClF2N2O.C7H7F3N2O2.ClH/c21-13-9-10(1-4-14(13)22)27-18(29)12-2-5-15(23)17-11(12)3-6-16(17)28-19(30)31-8-7-20(24,25)26;17-11-7-8(1-4-12(11)18)21-16(22)10-2-5-13(19)15-9(10)3-6-14(15)20;8-7(9,10)1-4-14-6(13)12-3-2-11-5-12;/h1-2,4-5,9,16H,3,6-8H2,(H,27,29)(H,28,30);1-2,4-5,7,14H,3,6,20H2,(H,21,22);2-3,5H,1,4H2;1H/t16-;14-;;/m00../s1. The van der Waals surface area contributed by atoms with E-state index in [0.29, 0.717) is 40.8 Å². The number of alkyl carbamates (subject to hydrolysis) is 1. The zero-order valence-electron chi connectivity index (χ0n) is 34.7. The fourth-order valence-corrected chi connectivity index (χ4v) is 7.08. The maximum Gasteiger partial charge on any atom is 0.419 e. The number of anilines is 2. The summed E-state index contributed by atoms with van der Waals surface area (Å²) in [7, 11) is 0. The number of carbonyl (C=O) groups excluding carboxylic acids is 4. The van der Waals surface area contributed by atoms with Crippen LogP contribution in [0.25, 0.3) is 0 Å². The minimum Gasteiger partial charge on any atom is -0.449 e. The van der Waals surface area contributed by atoms with E-state index in [1.54, 1.807) is 0 Å². The highest BCUT2D eigenvalue weighted by molar-refractivity contribution is 6.31. The molecular formula is C43H37Cl3F10N6O6. The lowest BCUT2D eigenvalue weighted by atomic mass is 10.0. The monoisotopic (exact) mass is 1030 g/mol. The number of benzene rings is 4. The highest BCUT2D eigenvalue weighted by Crippen LogP contribution is 2.37. The normalized spacial score (nSPS) is 14.7. The number of fused-ring (bicyclic) bond motifs is 2. The van der Waals surface area contributed by atoms with Crippen LogP contribution in [0.2, 0.25) is 10.0 Å². The lowest BCUT2D eigenvalue weighted by Crippen LogP contribution is -2.29. The fraction of sp³-hybridized carbons (Fsp3) is 0.279. The number of hydrogen-bond acceptors (Lipinski definition) is 8. The van der Waals surface area contributed by atoms with E-state index in [-0.39, 0.29) is 64.0 Å². The first-order valence-electron chi connectivity index (χ1n) is 19.6. The lowest BCUT2D eigenvalue weighted by Gasteiger charge is -2.16. The van der Waals surface area contributed by atoms with Crippen LogP contribution < -0.4 is 21.7 Å². The number of ether oxygens (including phenoxy) is 2. The van der Waals surface area contributed by atoms with Crippen molar-refractivity contribution in [3.05, 3.63) is 146 Å². The predicted molar refractivity (Wildman–Crippen MR) is 230 cm³/mol. The van der Waals surface area contributed by atoms with Gasteiger partial charge in [0.1, 0.15) is 42.8 Å². The summed E-state index contributed by atoms with van der Waals surface area (Å²) >= 11 is 11.4. The summed E-state index contributed by atoms with van der Waals surface area (Å²) in [5.41, 5.74) is 8.47. The van der Waals surface area contributed by atoms with Crippen LogP contribution in [-0.2, 0) is 22.3 Å². The molecule has 1 aromatic heterocycles. The summed E-state index contributed by atoms with van der Waals surface area (Å²) in [6.07, 6.45) is -7.80. The predicted octanol–water partition coefficient (Wildman–Crippen LogP) is 11.6. The third kappa shape index (κ3) is 15.2. The Morgan fingerprint density at radius 1 is 0.691 bits per heavy atom. The second-order valence-electron chi connectivity index (χ2n) is 14.5. The molecule has 3 amide bonds. The van der Waals surface area contributed by atoms with Gasteiger partial charge in [0.15, 0.2) is 0 Å². The Morgan fingerprint density at radius 2 is 1.16 bits per heavy atom. The van der Waals surface area contributed by atoms with Gasteiger partial charge < -0.3 is 31.2 Å². The number of hydrogen-bond donors (Lipinski definition) is 4. The molecule has 0 unspecified atom stereocenters. The first-order valence-corrected chi connectivity index (χ1v) is 20.4. The molecule has 0 radical (unpaired) electrons. The van der Waals surface area contributed by atoms with Gasteiger partial charge in [-0.15, -0.1) is 12.4 Å². The van der Waals surface area contributed by atoms with Gasteiger partial charge in [-0.1, -0.05) is 23.2 Å². The Hall–Kier alpha value is -6.10. The van der Waals surface area contributed by atoms with Crippen LogP contribution in [0.3, 0.4) is 0 Å². The number of imidazole rings is 1. The molecule has 7 rings (SSSR count). The molecule has 0 spiro atoms. The van der Waals surface area contributed by atoms with Gasteiger partial charge >= 0.3 is 24.5 Å². The van der Waals surface area contributed by atoms with Crippen LogP contribution in [0.5, 0.6) is 0 Å². The molecule has 5 N–H and O–H groups in total. The molecular weight excluding hydrogens is 993 g/mol. The molecule has 0 aliphatic heterocycles. The molecule has 0 saturated carbocycles. The first kappa shape index (κ1) is 54.5. The van der Waals surface area contributed by atoms with Crippen LogP contribution in [0, 0.1) is 23.3 Å². The SMILES string of the molecule is Cl.N[C@H]1CCc2c(C(=O)Nc3ccc(F)c(Cl)c3)ccc(F)c21.O=C(N[C@H]1CCc2c(C(=O)Nc3ccc(F)c(Cl)c3)ccc(F)c21)OCCC(F)(F)F.O=C(OCCC(F)(F)F)n1ccnc1. The number of carbonyl (C=O) groups is 4. The summed E-state index contributed by atoms with van der Waals surface area (Å²) in [6, 6.07) is 11.3. The van der Waals surface area contributed by atoms with Crippen molar-refractivity contribution in [2.24, 2.45) is 5.73 Å². The number of aromatic nitrogens is 2. The molecule has 0 bridgehead atoms. The Kier molecular flexibility index (Phi) is 19.0. The number of nitrogens with zero attached hydrogens (tertiary/aromatic N) is 2. The van der Waals surface area contributed by atoms with Gasteiger partial charge in [0, 0.05) is 52.1 Å². The third-order valence-electron chi connectivity index (χ3n) is 9.80. The van der Waals surface area contributed by atoms with E-state index in [1.165, 1.54) is 60.9 Å². The summed E-state index contributed by atoms with van der Waals surface area (Å²) in [5.74, 6) is -3.26. The zero-order valence-corrected chi connectivity index (χ0v) is 37.0. The van der Waals surface area contributed by atoms with Gasteiger partial charge in [0.2, 0.25) is 0 Å². The van der Waals surface area contributed by atoms with Crippen molar-refractivity contribution in [1.29, 1.82) is 0 Å². The van der Waals surface area contributed by atoms with Crippen molar-refractivity contribution in [3.63, 3.8) is 0 Å². The fourth-order valence-electron chi connectivity index (χ4n) is 6.72. The molecule has 25 heteroatoms. The average molecular weight is 1030 g/mol. The minimum atomic E-state index is -4.47. The molecule has 12 nitrogen and oxygen atoms in total. The third-order valence-corrected chi connectivity index (χ3v) is 10.4. The zero-order chi connectivity index (χ0) is 49.2. The number of halogens is 13. The van der Waals surface area contributed by atoms with E-state index >= 15 is 0 Å². The number of nitrogens with two attached hydrogens (primary N) is 1. The summed E-state index contributed by atoms with van der Waals surface area (Å²) in [6.45, 7) is -1.54. The van der Waals surface area contributed by atoms with Crippen LogP contribution in [0.15, 0.2) is 79.4 Å². The van der Waals surface area contributed by atoms with E-state index in [2.05, 4.69) is 30.4 Å². The minimum absolute atomic E-state index is 0. The van der Waals surface area contributed by atoms with Crippen molar-refractivity contribution in [3.8, 4) is 0 Å². The molecule has 68 heavy (non-hydrogen) atoms. The van der Waals surface area contributed by atoms with Gasteiger partial charge in [-0.25, -0.2) is 36.7 Å². The Bertz CT molecular complexity index is 2600. The number of nitrogens with one attached hydrogen (secondary N) is 3. The van der Waals surface area contributed by atoms with E-state index in [4.69, 9.17) is 28.9 Å². The van der Waals surface area contributed by atoms with Crippen molar-refractivity contribution in [1.82, 2.24) is 14.9 Å². The van der Waals surface area contributed by atoms with Gasteiger partial charge in [0.25, 0.3) is 11.8 Å². The number of alkyl halides is 6. The van der Waals surface area contributed by atoms with E-state index < -0.39 is 85.9 Å². The smallest absolute Gasteiger partial charge is 0.419 e. The average Bonchev–Trinajstić information content (AvgIpc) is 4.03. The highest BCUT2D eigenvalue weighted by atomic mass is 35.5. The van der Waals surface area contributed by atoms with Gasteiger partial charge in [-0.3, -0.25) is 9.59 Å². The summed E-state index contributed by atoms with van der Waals surface area (Å²) in [5, 5.41) is 7.25. The maximum absolute atomic E-state index is 14.4. The number of amides is 3. The van der Waals surface area contributed by atoms with Crippen LogP contribution in [0.4, 0.5) is 64.9 Å². The topological polar surface area (TPSA) is 167 Å². The van der Waals surface area contributed by atoms with Crippen LogP contribution >= 0.6 is 35.6 Å². The Labute approximate surface area is 395 Å². The highest BCUT2D eigenvalue weighted by Gasteiger charge is 2.33. The molecule has 5 aromatic rings. The molecule has 4 aromatic carbocycles. The summed E-state index contributed by atoms with van der Waals surface area (Å²) in [4.78, 5) is 51.3. The maximum atomic E-state index is 14.4. The molecule has 2 aliphatic carbocycles. The number of rotatable bonds is 9. The Balaban J connectivity index is 0.000000238.